The lowest BCUT2D eigenvalue weighted by Crippen LogP contribution is -2.54. The molecule has 1 saturated heterocycles. The van der Waals surface area contributed by atoms with E-state index in [-0.39, 0.29) is 18.3 Å². The summed E-state index contributed by atoms with van der Waals surface area (Å²) in [5.41, 5.74) is 0.598. The Kier molecular flexibility index (Phi) is 10.5. The first-order valence-electron chi connectivity index (χ1n) is 12.3. The zero-order valence-electron chi connectivity index (χ0n) is 20.9. The van der Waals surface area contributed by atoms with E-state index in [1.807, 2.05) is 26.8 Å². The van der Waals surface area contributed by atoms with Gasteiger partial charge in [0.2, 0.25) is 17.7 Å². The van der Waals surface area contributed by atoms with Gasteiger partial charge in [-0.15, -0.1) is 0 Å². The topological polar surface area (TPSA) is 114 Å². The first kappa shape index (κ1) is 27.3. The van der Waals surface area contributed by atoms with E-state index >= 15 is 0 Å². The molecule has 1 aromatic carbocycles. The van der Waals surface area contributed by atoms with Crippen molar-refractivity contribution in [3.63, 3.8) is 0 Å². The number of nitrogens with one attached hydrogen (secondary N) is 3. The first-order chi connectivity index (χ1) is 16.2. The summed E-state index contributed by atoms with van der Waals surface area (Å²) in [6.07, 6.45) is 2.63. The number of hydrogen-bond donors (Lipinski definition) is 3. The van der Waals surface area contributed by atoms with Crippen LogP contribution >= 0.6 is 0 Å². The van der Waals surface area contributed by atoms with Gasteiger partial charge in [0, 0.05) is 0 Å². The summed E-state index contributed by atoms with van der Waals surface area (Å²) in [5, 5.41) is 8.22. The molecule has 1 fully saturated rings. The molecule has 6 unspecified atom stereocenters. The van der Waals surface area contributed by atoms with E-state index in [0.717, 1.165) is 19.3 Å². The third kappa shape index (κ3) is 7.57. The minimum atomic E-state index is -0.975. The van der Waals surface area contributed by atoms with Crippen molar-refractivity contribution in [1.82, 2.24) is 16.0 Å². The number of esters is 1. The number of carbonyl (C=O) groups excluding carboxylic acids is 4. The number of ether oxygens (including phenoxy) is 1. The van der Waals surface area contributed by atoms with Gasteiger partial charge in [-0.2, -0.15) is 0 Å². The van der Waals surface area contributed by atoms with E-state index in [4.69, 9.17) is 4.74 Å². The minimum Gasteiger partial charge on any atom is -0.460 e. The van der Waals surface area contributed by atoms with Gasteiger partial charge in [-0.05, 0) is 30.7 Å². The molecule has 8 nitrogen and oxygen atoms in total. The summed E-state index contributed by atoms with van der Waals surface area (Å²) in [6.45, 7) is 9.37. The van der Waals surface area contributed by atoms with Crippen LogP contribution < -0.4 is 16.0 Å². The molecule has 3 N–H and O–H groups in total. The molecule has 0 bridgehead atoms. The third-order valence-electron chi connectivity index (χ3n) is 6.52. The average molecular weight is 474 g/mol. The molecule has 8 heteroatoms. The second-order valence-corrected chi connectivity index (χ2v) is 9.31. The van der Waals surface area contributed by atoms with Crippen LogP contribution in [0.1, 0.15) is 78.3 Å². The monoisotopic (exact) mass is 473 g/mol. The smallest absolute Gasteiger partial charge is 0.329 e. The Bertz CT molecular complexity index is 844. The van der Waals surface area contributed by atoms with Gasteiger partial charge in [0.05, 0.1) is 6.42 Å². The maximum atomic E-state index is 13.2. The van der Waals surface area contributed by atoms with Crippen molar-refractivity contribution in [3.8, 4) is 0 Å². The van der Waals surface area contributed by atoms with Crippen LogP contribution in [0, 0.1) is 11.8 Å². The number of carbonyl (C=O) groups is 4. The van der Waals surface area contributed by atoms with Crippen molar-refractivity contribution in [2.75, 3.05) is 0 Å². The van der Waals surface area contributed by atoms with E-state index in [1.165, 1.54) is 0 Å². The molecule has 0 aliphatic carbocycles. The lowest BCUT2D eigenvalue weighted by atomic mass is 9.94. The van der Waals surface area contributed by atoms with Gasteiger partial charge in [0.1, 0.15) is 24.2 Å². The van der Waals surface area contributed by atoms with Crippen LogP contribution in [0.25, 0.3) is 0 Å². The standard InChI is InChI=1S/C26H39N3O5/c1-6-8-12-17(4)20-15-21(30)28-23(19-13-10-9-11-14-19)25(32)27-18(5)24(31)29-22(16(3)7-2)26(33)34-20/h9-11,13-14,16-18,20,22-23H,6-8,12,15H2,1-5H3,(H,27,32)(H,28,30)(H,29,31). The number of amides is 3. The van der Waals surface area contributed by atoms with Gasteiger partial charge in [-0.25, -0.2) is 4.79 Å². The van der Waals surface area contributed by atoms with E-state index < -0.39 is 47.9 Å². The Morgan fingerprint density at radius 3 is 2.24 bits per heavy atom. The van der Waals surface area contributed by atoms with Gasteiger partial charge in [-0.3, -0.25) is 14.4 Å². The van der Waals surface area contributed by atoms with E-state index in [0.29, 0.717) is 12.0 Å². The molecule has 0 saturated carbocycles. The number of benzene rings is 1. The van der Waals surface area contributed by atoms with Crippen LogP contribution in [0.2, 0.25) is 0 Å². The Morgan fingerprint density at radius 1 is 0.941 bits per heavy atom. The second-order valence-electron chi connectivity index (χ2n) is 9.31. The highest BCUT2D eigenvalue weighted by atomic mass is 16.5. The molecule has 1 aliphatic rings. The molecular weight excluding hydrogens is 434 g/mol. The van der Waals surface area contributed by atoms with Crippen molar-refractivity contribution in [1.29, 1.82) is 0 Å². The zero-order valence-corrected chi connectivity index (χ0v) is 20.9. The maximum absolute atomic E-state index is 13.2. The van der Waals surface area contributed by atoms with Crippen molar-refractivity contribution in [3.05, 3.63) is 35.9 Å². The molecule has 2 rings (SSSR count). The lowest BCUT2D eigenvalue weighted by molar-refractivity contribution is -0.158. The summed E-state index contributed by atoms with van der Waals surface area (Å²) >= 11 is 0. The van der Waals surface area contributed by atoms with Gasteiger partial charge >= 0.3 is 5.97 Å². The number of unbranched alkanes of at least 4 members (excludes halogenated alkanes) is 1. The van der Waals surface area contributed by atoms with Gasteiger partial charge in [0.15, 0.2) is 0 Å². The van der Waals surface area contributed by atoms with Crippen molar-refractivity contribution >= 4 is 23.7 Å². The summed E-state index contributed by atoms with van der Waals surface area (Å²) < 4.78 is 5.86. The Hall–Kier alpha value is -2.90. The number of rotatable bonds is 7. The molecule has 0 radical (unpaired) electrons. The van der Waals surface area contributed by atoms with E-state index in [9.17, 15) is 19.2 Å². The summed E-state index contributed by atoms with van der Waals surface area (Å²) in [5.74, 6) is -2.16. The quantitative estimate of drug-likeness (QED) is 0.527. The molecule has 0 spiro atoms. The molecule has 188 valence electrons. The van der Waals surface area contributed by atoms with Crippen molar-refractivity contribution < 1.29 is 23.9 Å². The largest absolute Gasteiger partial charge is 0.460 e. The molecule has 0 aromatic heterocycles. The fourth-order valence-corrected chi connectivity index (χ4v) is 3.95. The molecule has 1 aliphatic heterocycles. The fourth-order valence-electron chi connectivity index (χ4n) is 3.95. The van der Waals surface area contributed by atoms with Crippen LogP contribution in [0.15, 0.2) is 30.3 Å². The average Bonchev–Trinajstić information content (AvgIpc) is 2.83. The minimum absolute atomic E-state index is 0.0593. The summed E-state index contributed by atoms with van der Waals surface area (Å²) in [7, 11) is 0. The number of cyclic esters (lactones) is 1. The molecule has 3 amide bonds. The van der Waals surface area contributed by atoms with Gasteiger partial charge in [0.25, 0.3) is 0 Å². The Balaban J connectivity index is 2.42. The first-order valence-corrected chi connectivity index (χ1v) is 12.3. The highest BCUT2D eigenvalue weighted by Gasteiger charge is 2.35. The predicted octanol–water partition coefficient (Wildman–Crippen LogP) is 3.02. The second kappa shape index (κ2) is 13.1. The highest BCUT2D eigenvalue weighted by molar-refractivity contribution is 5.94. The lowest BCUT2D eigenvalue weighted by Gasteiger charge is -2.29. The Morgan fingerprint density at radius 2 is 1.62 bits per heavy atom. The van der Waals surface area contributed by atoms with Crippen molar-refractivity contribution in [2.24, 2.45) is 11.8 Å². The molecule has 1 heterocycles. The molecule has 1 aromatic rings. The van der Waals surface area contributed by atoms with Crippen LogP contribution in [0.4, 0.5) is 0 Å². The summed E-state index contributed by atoms with van der Waals surface area (Å²) in [4.78, 5) is 52.2. The van der Waals surface area contributed by atoms with Crippen LogP contribution in [0.5, 0.6) is 0 Å². The van der Waals surface area contributed by atoms with Crippen LogP contribution in [-0.4, -0.2) is 41.9 Å². The Labute approximate surface area is 202 Å². The highest BCUT2D eigenvalue weighted by Crippen LogP contribution is 2.22. The third-order valence-corrected chi connectivity index (χ3v) is 6.52. The van der Waals surface area contributed by atoms with E-state index in [2.05, 4.69) is 22.9 Å². The normalized spacial score (nSPS) is 26.5. The molecular formula is C26H39N3O5. The maximum Gasteiger partial charge on any atom is 0.329 e. The fraction of sp³-hybridized carbons (Fsp3) is 0.615. The van der Waals surface area contributed by atoms with Gasteiger partial charge < -0.3 is 20.7 Å². The van der Waals surface area contributed by atoms with Crippen LogP contribution in [0.3, 0.4) is 0 Å². The summed E-state index contributed by atoms with van der Waals surface area (Å²) in [6, 6.07) is 6.11. The molecule has 34 heavy (non-hydrogen) atoms. The van der Waals surface area contributed by atoms with Gasteiger partial charge in [-0.1, -0.05) is 77.3 Å². The number of hydrogen-bond acceptors (Lipinski definition) is 5. The zero-order chi connectivity index (χ0) is 25.3. The van der Waals surface area contributed by atoms with E-state index in [1.54, 1.807) is 31.2 Å². The van der Waals surface area contributed by atoms with Crippen LogP contribution in [-0.2, 0) is 23.9 Å². The predicted molar refractivity (Wildman–Crippen MR) is 130 cm³/mol. The SMILES string of the molecule is CCCCC(C)C1CC(=O)NC(c2ccccc2)C(=O)NC(C)C(=O)NC(C(C)CC)C(=O)O1. The molecule has 6 atom stereocenters. The van der Waals surface area contributed by atoms with Crippen molar-refractivity contribution in [2.45, 2.75) is 91.0 Å².